The van der Waals surface area contributed by atoms with Gasteiger partial charge < -0.3 is 9.55 Å². The highest BCUT2D eigenvalue weighted by molar-refractivity contribution is 7.71. The molecule has 0 amide bonds. The zero-order valence-electron chi connectivity index (χ0n) is 10.7. The number of H-pyrrole nitrogens is 1. The van der Waals surface area contributed by atoms with E-state index in [1.54, 1.807) is 15.4 Å². The van der Waals surface area contributed by atoms with Gasteiger partial charge in [0.15, 0.2) is 16.4 Å². The first kappa shape index (κ1) is 13.0. The van der Waals surface area contributed by atoms with Crippen LogP contribution in [0.2, 0.25) is 0 Å². The minimum absolute atomic E-state index is 0.160. The van der Waals surface area contributed by atoms with Gasteiger partial charge in [0.2, 0.25) is 0 Å². The minimum Gasteiger partial charge on any atom is -0.330 e. The molecule has 0 spiro atoms. The molecule has 3 rings (SSSR count). The molecule has 1 aromatic carbocycles. The van der Waals surface area contributed by atoms with Gasteiger partial charge in [-0.05, 0) is 37.3 Å². The Morgan fingerprint density at radius 3 is 2.90 bits per heavy atom. The molecule has 2 heterocycles. The van der Waals surface area contributed by atoms with Gasteiger partial charge in [0.1, 0.15) is 5.52 Å². The third-order valence-electron chi connectivity index (χ3n) is 3.22. The van der Waals surface area contributed by atoms with E-state index in [0.717, 1.165) is 6.07 Å². The third kappa shape index (κ3) is 2.03. The van der Waals surface area contributed by atoms with Gasteiger partial charge in [-0.25, -0.2) is 8.78 Å². The van der Waals surface area contributed by atoms with Crippen LogP contribution in [-0.4, -0.2) is 19.3 Å². The van der Waals surface area contributed by atoms with Crippen LogP contribution in [0.1, 0.15) is 13.0 Å². The first-order chi connectivity index (χ1) is 9.58. The first-order valence-corrected chi connectivity index (χ1v) is 6.54. The number of benzene rings is 1. The SMILES string of the molecule is CC(Cn1cccn1)n1c(=S)[nH]c2ccc(F)c(F)c21. The smallest absolute Gasteiger partial charge is 0.184 e. The number of aromatic nitrogens is 4. The molecular formula is C13H12F2N4S. The van der Waals surface area contributed by atoms with Crippen molar-refractivity contribution < 1.29 is 8.78 Å². The second-order valence-electron chi connectivity index (χ2n) is 4.63. The number of hydrogen-bond acceptors (Lipinski definition) is 2. The molecule has 0 aliphatic carbocycles. The Kier molecular flexibility index (Phi) is 3.13. The molecule has 1 atom stereocenters. The van der Waals surface area contributed by atoms with E-state index in [0.29, 0.717) is 16.8 Å². The fourth-order valence-electron chi connectivity index (χ4n) is 2.33. The van der Waals surface area contributed by atoms with E-state index < -0.39 is 11.6 Å². The molecule has 0 aliphatic rings. The lowest BCUT2D eigenvalue weighted by atomic mass is 10.2. The van der Waals surface area contributed by atoms with Crippen molar-refractivity contribution in [2.75, 3.05) is 0 Å². The summed E-state index contributed by atoms with van der Waals surface area (Å²) in [5.41, 5.74) is 0.649. The zero-order chi connectivity index (χ0) is 14.3. The topological polar surface area (TPSA) is 38.5 Å². The van der Waals surface area contributed by atoms with Crippen molar-refractivity contribution in [1.29, 1.82) is 0 Å². The van der Waals surface area contributed by atoms with Crippen LogP contribution in [0.3, 0.4) is 0 Å². The second kappa shape index (κ2) is 4.82. The van der Waals surface area contributed by atoms with E-state index in [9.17, 15) is 8.78 Å². The maximum Gasteiger partial charge on any atom is 0.184 e. The van der Waals surface area contributed by atoms with Crippen molar-refractivity contribution in [3.05, 3.63) is 47.0 Å². The summed E-state index contributed by atoms with van der Waals surface area (Å²) < 4.78 is 31.1. The minimum atomic E-state index is -0.887. The molecule has 0 fully saturated rings. The predicted molar refractivity (Wildman–Crippen MR) is 74.0 cm³/mol. The predicted octanol–water partition coefficient (Wildman–Crippen LogP) is 3.43. The summed E-state index contributed by atoms with van der Waals surface area (Å²) in [6.07, 6.45) is 3.48. The quantitative estimate of drug-likeness (QED) is 0.752. The molecular weight excluding hydrogens is 282 g/mol. The molecule has 0 radical (unpaired) electrons. The number of hydrogen-bond donors (Lipinski definition) is 1. The standard InChI is InChI=1S/C13H12F2N4S/c1-8(7-18-6-2-5-16-18)19-12-10(17-13(19)20)4-3-9(14)11(12)15/h2-6,8H,7H2,1H3,(H,17,20). The molecule has 1 unspecified atom stereocenters. The van der Waals surface area contributed by atoms with E-state index in [4.69, 9.17) is 12.2 Å². The molecule has 4 nitrogen and oxygen atoms in total. The Labute approximate surface area is 118 Å². The molecule has 7 heteroatoms. The van der Waals surface area contributed by atoms with Gasteiger partial charge in [-0.1, -0.05) is 0 Å². The van der Waals surface area contributed by atoms with Gasteiger partial charge in [-0.2, -0.15) is 5.10 Å². The van der Waals surface area contributed by atoms with E-state index in [1.807, 2.05) is 19.2 Å². The number of nitrogens with one attached hydrogen (secondary N) is 1. The highest BCUT2D eigenvalue weighted by atomic mass is 32.1. The largest absolute Gasteiger partial charge is 0.330 e. The van der Waals surface area contributed by atoms with Crippen molar-refractivity contribution in [3.8, 4) is 0 Å². The lowest BCUT2D eigenvalue weighted by Gasteiger charge is -2.15. The average Bonchev–Trinajstić information content (AvgIpc) is 3.01. The van der Waals surface area contributed by atoms with Gasteiger partial charge in [0.05, 0.1) is 18.1 Å². The van der Waals surface area contributed by atoms with Gasteiger partial charge in [0, 0.05) is 12.4 Å². The fourth-order valence-corrected chi connectivity index (χ4v) is 2.72. The Balaban J connectivity index is 2.13. The van der Waals surface area contributed by atoms with Crippen LogP contribution in [0, 0.1) is 16.4 Å². The van der Waals surface area contributed by atoms with Crippen LogP contribution in [0.4, 0.5) is 8.78 Å². The van der Waals surface area contributed by atoms with Crippen molar-refractivity contribution in [3.63, 3.8) is 0 Å². The molecule has 104 valence electrons. The van der Waals surface area contributed by atoms with Crippen LogP contribution >= 0.6 is 12.2 Å². The Morgan fingerprint density at radius 2 is 2.20 bits per heavy atom. The van der Waals surface area contributed by atoms with E-state index in [-0.39, 0.29) is 11.6 Å². The normalized spacial score (nSPS) is 12.9. The zero-order valence-corrected chi connectivity index (χ0v) is 11.5. The molecule has 3 aromatic rings. The third-order valence-corrected chi connectivity index (χ3v) is 3.52. The number of imidazole rings is 1. The summed E-state index contributed by atoms with van der Waals surface area (Å²) in [5, 5.41) is 4.11. The van der Waals surface area contributed by atoms with Gasteiger partial charge in [-0.3, -0.25) is 4.68 Å². The summed E-state index contributed by atoms with van der Waals surface area (Å²) in [5.74, 6) is -1.77. The van der Waals surface area contributed by atoms with Gasteiger partial charge in [0.25, 0.3) is 0 Å². The van der Waals surface area contributed by atoms with E-state index >= 15 is 0 Å². The van der Waals surface area contributed by atoms with Gasteiger partial charge in [-0.15, -0.1) is 0 Å². The fraction of sp³-hybridized carbons (Fsp3) is 0.231. The summed E-state index contributed by atoms with van der Waals surface area (Å²) in [4.78, 5) is 2.90. The number of aromatic amines is 1. The number of halogens is 2. The monoisotopic (exact) mass is 294 g/mol. The lowest BCUT2D eigenvalue weighted by molar-refractivity contribution is 0.435. The summed E-state index contributed by atoms with van der Waals surface area (Å²) in [7, 11) is 0. The molecule has 0 aliphatic heterocycles. The van der Waals surface area contributed by atoms with E-state index in [1.165, 1.54) is 6.07 Å². The number of rotatable bonds is 3. The molecule has 1 N–H and O–H groups in total. The summed E-state index contributed by atoms with van der Waals surface area (Å²) in [6, 6.07) is 4.22. The van der Waals surface area contributed by atoms with Crippen LogP contribution in [0.15, 0.2) is 30.6 Å². The van der Waals surface area contributed by atoms with Gasteiger partial charge >= 0.3 is 0 Å². The summed E-state index contributed by atoms with van der Waals surface area (Å²) in [6.45, 7) is 2.40. The highest BCUT2D eigenvalue weighted by Crippen LogP contribution is 2.24. The lowest BCUT2D eigenvalue weighted by Crippen LogP contribution is -2.14. The van der Waals surface area contributed by atoms with Crippen LogP contribution in [-0.2, 0) is 6.54 Å². The molecule has 0 saturated carbocycles. The average molecular weight is 294 g/mol. The molecule has 2 aromatic heterocycles. The highest BCUT2D eigenvalue weighted by Gasteiger charge is 2.17. The number of fused-ring (bicyclic) bond motifs is 1. The van der Waals surface area contributed by atoms with Crippen molar-refractivity contribution in [1.82, 2.24) is 19.3 Å². The van der Waals surface area contributed by atoms with E-state index in [2.05, 4.69) is 10.1 Å². The Hall–Kier alpha value is -2.02. The van der Waals surface area contributed by atoms with Crippen molar-refractivity contribution in [2.24, 2.45) is 0 Å². The van der Waals surface area contributed by atoms with Crippen molar-refractivity contribution >= 4 is 23.3 Å². The molecule has 0 saturated heterocycles. The Morgan fingerprint density at radius 1 is 1.40 bits per heavy atom. The maximum absolute atomic E-state index is 14.0. The van der Waals surface area contributed by atoms with Crippen LogP contribution in [0.5, 0.6) is 0 Å². The second-order valence-corrected chi connectivity index (χ2v) is 5.02. The summed E-state index contributed by atoms with van der Waals surface area (Å²) >= 11 is 5.22. The molecule has 20 heavy (non-hydrogen) atoms. The van der Waals surface area contributed by atoms with Crippen LogP contribution in [0.25, 0.3) is 11.0 Å². The molecule has 0 bridgehead atoms. The number of nitrogens with zero attached hydrogens (tertiary/aromatic N) is 3. The van der Waals surface area contributed by atoms with Crippen molar-refractivity contribution in [2.45, 2.75) is 19.5 Å². The maximum atomic E-state index is 14.0. The van der Waals surface area contributed by atoms with Crippen LogP contribution < -0.4 is 0 Å². The first-order valence-electron chi connectivity index (χ1n) is 6.13. The Bertz CT molecular complexity index is 804.